The van der Waals surface area contributed by atoms with Crippen molar-refractivity contribution >= 4 is 23.5 Å². The molecule has 0 aliphatic rings. The van der Waals surface area contributed by atoms with E-state index in [1.807, 2.05) is 0 Å². The lowest BCUT2D eigenvalue weighted by molar-refractivity contribution is -0.142. The third-order valence-corrected chi connectivity index (χ3v) is 2.22. The normalized spacial score (nSPS) is 9.59. The zero-order valence-electron chi connectivity index (χ0n) is 9.45. The fourth-order valence-corrected chi connectivity index (χ4v) is 1.30. The highest BCUT2D eigenvalue weighted by Crippen LogP contribution is 2.23. The summed E-state index contributed by atoms with van der Waals surface area (Å²) in [5, 5.41) is 2.88. The Balaban J connectivity index is 2.91. The summed E-state index contributed by atoms with van der Waals surface area (Å²) in [6, 6.07) is 4.56. The van der Waals surface area contributed by atoms with Gasteiger partial charge in [0.25, 0.3) is 5.91 Å². The molecular formula is C11H12ClNO4. The summed E-state index contributed by atoms with van der Waals surface area (Å²) in [6.45, 7) is -0.277. The number of amides is 1. The van der Waals surface area contributed by atoms with Gasteiger partial charge in [-0.15, -0.1) is 0 Å². The molecule has 17 heavy (non-hydrogen) atoms. The van der Waals surface area contributed by atoms with E-state index in [-0.39, 0.29) is 18.3 Å². The van der Waals surface area contributed by atoms with Crippen LogP contribution in [0.4, 0.5) is 0 Å². The van der Waals surface area contributed by atoms with E-state index in [1.54, 1.807) is 6.07 Å². The molecule has 0 atom stereocenters. The quantitative estimate of drug-likeness (QED) is 0.825. The van der Waals surface area contributed by atoms with E-state index in [0.29, 0.717) is 10.6 Å². The molecule has 0 aliphatic carbocycles. The molecule has 0 radical (unpaired) electrons. The summed E-state index contributed by atoms with van der Waals surface area (Å²) >= 11 is 5.79. The molecular weight excluding hydrogens is 246 g/mol. The smallest absolute Gasteiger partial charge is 0.343 e. The molecule has 0 saturated heterocycles. The van der Waals surface area contributed by atoms with Crippen molar-refractivity contribution in [3.8, 4) is 5.75 Å². The second-order valence-corrected chi connectivity index (χ2v) is 3.52. The number of methoxy groups -OCH3 is 1. The van der Waals surface area contributed by atoms with Gasteiger partial charge in [0.05, 0.1) is 12.7 Å². The molecule has 0 unspecified atom stereocenters. The summed E-state index contributed by atoms with van der Waals surface area (Å²) < 4.78 is 9.61. The van der Waals surface area contributed by atoms with Crippen LogP contribution >= 0.6 is 11.6 Å². The van der Waals surface area contributed by atoms with Gasteiger partial charge in [-0.3, -0.25) is 4.79 Å². The Hall–Kier alpha value is -1.75. The lowest BCUT2D eigenvalue weighted by Gasteiger charge is -2.10. The first-order valence-electron chi connectivity index (χ1n) is 4.79. The number of carbonyl (C=O) groups is 2. The van der Waals surface area contributed by atoms with Gasteiger partial charge in [-0.2, -0.15) is 0 Å². The van der Waals surface area contributed by atoms with Crippen molar-refractivity contribution in [3.05, 3.63) is 28.8 Å². The molecule has 0 saturated carbocycles. The van der Waals surface area contributed by atoms with E-state index in [2.05, 4.69) is 10.1 Å². The Morgan fingerprint density at radius 2 is 2.12 bits per heavy atom. The molecule has 92 valence electrons. The van der Waals surface area contributed by atoms with Crippen molar-refractivity contribution in [2.45, 2.75) is 0 Å². The summed E-state index contributed by atoms with van der Waals surface area (Å²) in [5.41, 5.74) is 0.306. The first-order valence-corrected chi connectivity index (χ1v) is 5.17. The van der Waals surface area contributed by atoms with E-state index in [0.717, 1.165) is 0 Å². The van der Waals surface area contributed by atoms with Gasteiger partial charge in [-0.25, -0.2) is 4.79 Å². The van der Waals surface area contributed by atoms with Gasteiger partial charge in [-0.1, -0.05) is 11.6 Å². The van der Waals surface area contributed by atoms with Gasteiger partial charge < -0.3 is 14.8 Å². The number of halogens is 1. The molecule has 5 nitrogen and oxygen atoms in total. The second kappa shape index (κ2) is 6.10. The average Bonchev–Trinajstić information content (AvgIpc) is 2.35. The molecule has 0 bridgehead atoms. The van der Waals surface area contributed by atoms with Crippen LogP contribution in [0.2, 0.25) is 5.02 Å². The van der Waals surface area contributed by atoms with Gasteiger partial charge in [0.1, 0.15) is 5.75 Å². The molecule has 1 aromatic rings. The summed E-state index contributed by atoms with van der Waals surface area (Å²) in [5.74, 6) is -0.614. The minimum atomic E-state index is -0.534. The lowest BCUT2D eigenvalue weighted by Crippen LogP contribution is -2.20. The largest absolute Gasteiger partial charge is 0.481 e. The topological polar surface area (TPSA) is 64.6 Å². The highest BCUT2D eigenvalue weighted by atomic mass is 35.5. The Kier molecular flexibility index (Phi) is 4.78. The van der Waals surface area contributed by atoms with Crippen LogP contribution in [-0.2, 0) is 9.53 Å². The molecule has 0 fully saturated rings. The number of nitrogens with one attached hydrogen (secondary N) is 1. The zero-order chi connectivity index (χ0) is 12.8. The second-order valence-electron chi connectivity index (χ2n) is 3.08. The van der Waals surface area contributed by atoms with Crippen LogP contribution in [0.15, 0.2) is 18.2 Å². The van der Waals surface area contributed by atoms with Gasteiger partial charge >= 0.3 is 5.97 Å². The number of hydrogen-bond donors (Lipinski definition) is 1. The van der Waals surface area contributed by atoms with Crippen LogP contribution in [0.3, 0.4) is 0 Å². The van der Waals surface area contributed by atoms with E-state index in [4.69, 9.17) is 16.3 Å². The average molecular weight is 258 g/mol. The van der Waals surface area contributed by atoms with Crippen LogP contribution in [-0.4, -0.2) is 32.6 Å². The Labute approximate surface area is 104 Å². The first-order chi connectivity index (χ1) is 8.08. The van der Waals surface area contributed by atoms with Crippen LogP contribution in [0.5, 0.6) is 5.75 Å². The van der Waals surface area contributed by atoms with Crippen LogP contribution in [0, 0.1) is 0 Å². The Bertz CT molecular complexity index is 433. The van der Waals surface area contributed by atoms with Crippen molar-refractivity contribution in [2.24, 2.45) is 0 Å². The van der Waals surface area contributed by atoms with Crippen molar-refractivity contribution in [2.75, 3.05) is 20.8 Å². The fourth-order valence-electron chi connectivity index (χ4n) is 1.13. The number of esters is 1. The van der Waals surface area contributed by atoms with E-state index in [1.165, 1.54) is 26.3 Å². The van der Waals surface area contributed by atoms with Gasteiger partial charge in [0.15, 0.2) is 6.61 Å². The van der Waals surface area contributed by atoms with Crippen molar-refractivity contribution in [1.29, 1.82) is 0 Å². The molecule has 6 heteroatoms. The maximum Gasteiger partial charge on any atom is 0.343 e. The van der Waals surface area contributed by atoms with Crippen LogP contribution < -0.4 is 10.1 Å². The molecule has 1 amide bonds. The first kappa shape index (κ1) is 13.3. The zero-order valence-corrected chi connectivity index (χ0v) is 10.2. The minimum Gasteiger partial charge on any atom is -0.481 e. The molecule has 0 heterocycles. The van der Waals surface area contributed by atoms with Crippen LogP contribution in [0.1, 0.15) is 10.4 Å². The summed E-state index contributed by atoms with van der Waals surface area (Å²) in [7, 11) is 2.75. The van der Waals surface area contributed by atoms with E-state index >= 15 is 0 Å². The molecule has 0 spiro atoms. The summed E-state index contributed by atoms with van der Waals surface area (Å²) in [4.78, 5) is 22.4. The third-order valence-electron chi connectivity index (χ3n) is 1.99. The highest BCUT2D eigenvalue weighted by molar-refractivity contribution is 6.30. The van der Waals surface area contributed by atoms with Gasteiger partial charge in [-0.05, 0) is 18.2 Å². The Morgan fingerprint density at radius 1 is 1.41 bits per heavy atom. The maximum atomic E-state index is 11.5. The number of rotatable bonds is 4. The van der Waals surface area contributed by atoms with Crippen molar-refractivity contribution in [1.82, 2.24) is 5.32 Å². The summed E-state index contributed by atoms with van der Waals surface area (Å²) in [6.07, 6.45) is 0. The van der Waals surface area contributed by atoms with Crippen molar-refractivity contribution < 1.29 is 19.1 Å². The molecule has 0 aliphatic heterocycles. The molecule has 1 N–H and O–H groups in total. The fraction of sp³-hybridized carbons (Fsp3) is 0.273. The molecule has 1 aromatic carbocycles. The van der Waals surface area contributed by atoms with Crippen LogP contribution in [0.25, 0.3) is 0 Å². The highest BCUT2D eigenvalue weighted by Gasteiger charge is 2.13. The SMILES string of the molecule is CNC(=O)c1ccc(Cl)cc1OCC(=O)OC. The predicted molar refractivity (Wildman–Crippen MR) is 62.4 cm³/mol. The Morgan fingerprint density at radius 3 is 2.71 bits per heavy atom. The van der Waals surface area contributed by atoms with Crippen molar-refractivity contribution in [3.63, 3.8) is 0 Å². The van der Waals surface area contributed by atoms with E-state index in [9.17, 15) is 9.59 Å². The monoisotopic (exact) mass is 257 g/mol. The number of ether oxygens (including phenoxy) is 2. The lowest BCUT2D eigenvalue weighted by atomic mass is 10.2. The molecule has 1 rings (SSSR count). The predicted octanol–water partition coefficient (Wildman–Crippen LogP) is 1.25. The molecule has 0 aromatic heterocycles. The van der Waals surface area contributed by atoms with E-state index < -0.39 is 5.97 Å². The number of hydrogen-bond acceptors (Lipinski definition) is 4. The van der Waals surface area contributed by atoms with Gasteiger partial charge in [0.2, 0.25) is 0 Å². The maximum absolute atomic E-state index is 11.5. The standard InChI is InChI=1S/C11H12ClNO4/c1-13-11(15)8-4-3-7(12)5-9(8)17-6-10(14)16-2/h3-5H,6H2,1-2H3,(H,13,15). The van der Waals surface area contributed by atoms with Gasteiger partial charge in [0, 0.05) is 12.1 Å². The minimum absolute atomic E-state index is 0.238. The number of benzene rings is 1. The third kappa shape index (κ3) is 3.64. The number of carbonyl (C=O) groups excluding carboxylic acids is 2.